The van der Waals surface area contributed by atoms with Crippen molar-refractivity contribution in [3.63, 3.8) is 0 Å². The zero-order valence-electron chi connectivity index (χ0n) is 11.4. The maximum Gasteiger partial charge on any atom is 0.165 e. The molecule has 0 saturated carbocycles. The molecule has 0 aromatic heterocycles. The predicted octanol–water partition coefficient (Wildman–Crippen LogP) is 2.05. The van der Waals surface area contributed by atoms with Gasteiger partial charge in [0.1, 0.15) is 6.61 Å². The van der Waals surface area contributed by atoms with E-state index in [2.05, 4.69) is 0 Å². The van der Waals surface area contributed by atoms with Gasteiger partial charge in [0.2, 0.25) is 0 Å². The summed E-state index contributed by atoms with van der Waals surface area (Å²) < 4.78 is 41.9. The van der Waals surface area contributed by atoms with Crippen LogP contribution in [0.5, 0.6) is 5.75 Å². The lowest BCUT2D eigenvalue weighted by Crippen LogP contribution is -2.22. The molecule has 0 spiro atoms. The second-order valence-corrected chi connectivity index (χ2v) is 7.42. The minimum Gasteiger partial charge on any atom is -0.489 e. The molecule has 108 valence electrons. The molecule has 0 aliphatic rings. The molecule has 19 heavy (non-hydrogen) atoms. The van der Waals surface area contributed by atoms with Crippen molar-refractivity contribution in [1.29, 1.82) is 0 Å². The molecular formula is C13H20FNO3S. The van der Waals surface area contributed by atoms with Gasteiger partial charge in [-0.2, -0.15) is 0 Å². The average Bonchev–Trinajstić information content (AvgIpc) is 2.30. The highest BCUT2D eigenvalue weighted by Crippen LogP contribution is 2.21. The molecule has 1 unspecified atom stereocenters. The highest BCUT2D eigenvalue weighted by atomic mass is 32.2. The Labute approximate surface area is 113 Å². The van der Waals surface area contributed by atoms with Crippen LogP contribution in [0.4, 0.5) is 4.39 Å². The van der Waals surface area contributed by atoms with Crippen LogP contribution in [0.15, 0.2) is 18.2 Å². The maximum absolute atomic E-state index is 13.7. The average molecular weight is 289 g/mol. The number of sulfone groups is 1. The van der Waals surface area contributed by atoms with Crippen LogP contribution in [0.1, 0.15) is 32.4 Å². The van der Waals surface area contributed by atoms with Crippen LogP contribution < -0.4 is 10.5 Å². The molecule has 1 rings (SSSR count). The van der Waals surface area contributed by atoms with Gasteiger partial charge in [0.15, 0.2) is 21.4 Å². The Hall–Kier alpha value is -1.14. The normalized spacial score (nSPS) is 13.6. The fraction of sp³-hybridized carbons (Fsp3) is 0.538. The molecule has 0 bridgehead atoms. The third-order valence-corrected chi connectivity index (χ3v) is 5.00. The minimum absolute atomic E-state index is 0.0448. The molecule has 6 heteroatoms. The predicted molar refractivity (Wildman–Crippen MR) is 73.4 cm³/mol. The van der Waals surface area contributed by atoms with E-state index in [4.69, 9.17) is 10.5 Å². The van der Waals surface area contributed by atoms with E-state index in [9.17, 15) is 12.8 Å². The zero-order valence-corrected chi connectivity index (χ0v) is 12.2. The molecule has 0 amide bonds. The molecule has 0 fully saturated rings. The molecule has 0 aliphatic heterocycles. The van der Waals surface area contributed by atoms with Crippen molar-refractivity contribution in [2.45, 2.75) is 32.1 Å². The van der Waals surface area contributed by atoms with E-state index in [1.54, 1.807) is 26.8 Å². The number of benzene rings is 1. The number of hydrogen-bond donors (Lipinski definition) is 1. The lowest BCUT2D eigenvalue weighted by atomic mass is 10.1. The van der Waals surface area contributed by atoms with Crippen LogP contribution in [0.3, 0.4) is 0 Å². The fourth-order valence-electron chi connectivity index (χ4n) is 1.42. The van der Waals surface area contributed by atoms with Gasteiger partial charge < -0.3 is 10.5 Å². The number of ether oxygens (including phenoxy) is 1. The lowest BCUT2D eigenvalue weighted by Gasteiger charge is -2.11. The molecule has 1 aromatic rings. The van der Waals surface area contributed by atoms with E-state index in [-0.39, 0.29) is 24.2 Å². The van der Waals surface area contributed by atoms with Crippen LogP contribution in [0, 0.1) is 5.82 Å². The monoisotopic (exact) mass is 289 g/mol. The van der Waals surface area contributed by atoms with Crippen molar-refractivity contribution < 1.29 is 17.5 Å². The van der Waals surface area contributed by atoms with Crippen LogP contribution >= 0.6 is 0 Å². The van der Waals surface area contributed by atoms with Gasteiger partial charge in [-0.15, -0.1) is 0 Å². The molecule has 2 N–H and O–H groups in total. The van der Waals surface area contributed by atoms with E-state index in [0.717, 1.165) is 0 Å². The summed E-state index contributed by atoms with van der Waals surface area (Å²) >= 11 is 0. The Morgan fingerprint density at radius 3 is 2.42 bits per heavy atom. The first-order valence-corrected chi connectivity index (χ1v) is 7.85. The standard InChI is InChI=1S/C13H20FNO3S/c1-9(2)19(16,17)7-6-18-13-5-4-11(10(3)15)8-12(13)14/h4-5,8-10H,6-7,15H2,1-3H3. The summed E-state index contributed by atoms with van der Waals surface area (Å²) in [5.41, 5.74) is 6.30. The third kappa shape index (κ3) is 4.47. The minimum atomic E-state index is -3.17. The first-order chi connectivity index (χ1) is 8.74. The summed E-state index contributed by atoms with van der Waals surface area (Å²) in [7, 11) is -3.17. The Morgan fingerprint density at radius 2 is 1.95 bits per heavy atom. The lowest BCUT2D eigenvalue weighted by molar-refractivity contribution is 0.321. The van der Waals surface area contributed by atoms with Crippen molar-refractivity contribution in [3.05, 3.63) is 29.6 Å². The van der Waals surface area contributed by atoms with Crippen LogP contribution in [-0.2, 0) is 9.84 Å². The van der Waals surface area contributed by atoms with Crippen molar-refractivity contribution in [2.24, 2.45) is 5.73 Å². The van der Waals surface area contributed by atoms with Gasteiger partial charge in [-0.1, -0.05) is 6.07 Å². The van der Waals surface area contributed by atoms with Gasteiger partial charge in [0.25, 0.3) is 0 Å². The molecule has 1 aromatic carbocycles. The summed E-state index contributed by atoms with van der Waals surface area (Å²) in [6.45, 7) is 4.90. The van der Waals surface area contributed by atoms with Gasteiger partial charge in [0, 0.05) is 6.04 Å². The van der Waals surface area contributed by atoms with Gasteiger partial charge in [-0.3, -0.25) is 0 Å². The Morgan fingerprint density at radius 1 is 1.32 bits per heavy atom. The van der Waals surface area contributed by atoms with Crippen LogP contribution in [-0.4, -0.2) is 26.0 Å². The number of rotatable bonds is 6. The molecule has 0 saturated heterocycles. The molecule has 4 nitrogen and oxygen atoms in total. The van der Waals surface area contributed by atoms with Gasteiger partial charge in [0.05, 0.1) is 11.0 Å². The third-order valence-electron chi connectivity index (χ3n) is 2.83. The van der Waals surface area contributed by atoms with Crippen LogP contribution in [0.2, 0.25) is 0 Å². The summed E-state index contributed by atoms with van der Waals surface area (Å²) in [5, 5.41) is -0.457. The highest BCUT2D eigenvalue weighted by molar-refractivity contribution is 7.91. The summed E-state index contributed by atoms with van der Waals surface area (Å²) in [5.74, 6) is -0.612. The van der Waals surface area contributed by atoms with E-state index in [1.165, 1.54) is 12.1 Å². The van der Waals surface area contributed by atoms with Gasteiger partial charge in [-0.25, -0.2) is 12.8 Å². The van der Waals surface area contributed by atoms with E-state index >= 15 is 0 Å². The zero-order chi connectivity index (χ0) is 14.6. The maximum atomic E-state index is 13.7. The first kappa shape index (κ1) is 15.9. The fourth-order valence-corrected chi connectivity index (χ4v) is 2.21. The van der Waals surface area contributed by atoms with Crippen molar-refractivity contribution in [2.75, 3.05) is 12.4 Å². The topological polar surface area (TPSA) is 69.4 Å². The largest absolute Gasteiger partial charge is 0.489 e. The summed E-state index contributed by atoms with van der Waals surface area (Å²) in [4.78, 5) is 0. The van der Waals surface area contributed by atoms with Crippen molar-refractivity contribution in [1.82, 2.24) is 0 Å². The second-order valence-electron chi connectivity index (χ2n) is 4.74. The summed E-state index contributed by atoms with van der Waals surface area (Å²) in [6, 6.07) is 4.18. The Balaban J connectivity index is 2.65. The number of nitrogens with two attached hydrogens (primary N) is 1. The van der Waals surface area contributed by atoms with Gasteiger partial charge >= 0.3 is 0 Å². The molecule has 1 atom stereocenters. The molecule has 0 heterocycles. The van der Waals surface area contributed by atoms with Gasteiger partial charge in [-0.05, 0) is 38.5 Å². The molecule has 0 radical (unpaired) electrons. The SMILES string of the molecule is CC(N)c1ccc(OCCS(=O)(=O)C(C)C)c(F)c1. The molecule has 0 aliphatic carbocycles. The first-order valence-electron chi connectivity index (χ1n) is 6.13. The molecular weight excluding hydrogens is 269 g/mol. The number of hydrogen-bond acceptors (Lipinski definition) is 4. The number of halogens is 1. The summed E-state index contributed by atoms with van der Waals surface area (Å²) in [6.07, 6.45) is 0. The van der Waals surface area contributed by atoms with E-state index in [1.807, 2.05) is 0 Å². The Kier molecular flexibility index (Phi) is 5.31. The van der Waals surface area contributed by atoms with Crippen molar-refractivity contribution in [3.8, 4) is 5.75 Å². The highest BCUT2D eigenvalue weighted by Gasteiger charge is 2.16. The van der Waals surface area contributed by atoms with Crippen LogP contribution in [0.25, 0.3) is 0 Å². The quantitative estimate of drug-likeness (QED) is 0.870. The smallest absolute Gasteiger partial charge is 0.165 e. The Bertz CT molecular complexity index is 527. The van der Waals surface area contributed by atoms with Crippen molar-refractivity contribution >= 4 is 9.84 Å². The van der Waals surface area contributed by atoms with E-state index in [0.29, 0.717) is 5.56 Å². The second kappa shape index (κ2) is 6.34. The van der Waals surface area contributed by atoms with E-state index < -0.39 is 20.9 Å².